The summed E-state index contributed by atoms with van der Waals surface area (Å²) in [5, 5.41) is 9.73. The van der Waals surface area contributed by atoms with Gasteiger partial charge in [0.05, 0.1) is 6.10 Å². The van der Waals surface area contributed by atoms with E-state index in [2.05, 4.69) is 9.97 Å². The van der Waals surface area contributed by atoms with Gasteiger partial charge in [0.1, 0.15) is 6.33 Å². The van der Waals surface area contributed by atoms with Crippen molar-refractivity contribution in [3.8, 4) is 11.1 Å². The third-order valence-electron chi connectivity index (χ3n) is 4.10. The van der Waals surface area contributed by atoms with E-state index in [4.69, 9.17) is 4.74 Å². The van der Waals surface area contributed by atoms with Gasteiger partial charge in [-0.15, -0.1) is 0 Å². The number of carboxylic acids is 1. The van der Waals surface area contributed by atoms with Crippen LogP contribution in [0.3, 0.4) is 0 Å². The predicted octanol–water partition coefficient (Wildman–Crippen LogP) is 2.67. The minimum absolute atomic E-state index is 0.278. The maximum Gasteiger partial charge on any atom is 0.411 e. The minimum Gasteiger partial charge on any atom is -0.479 e. The van der Waals surface area contributed by atoms with Gasteiger partial charge in [-0.3, -0.25) is 4.90 Å². The highest BCUT2D eigenvalue weighted by Crippen LogP contribution is 2.36. The highest BCUT2D eigenvalue weighted by Gasteiger charge is 2.38. The Kier molecular flexibility index (Phi) is 4.65. The van der Waals surface area contributed by atoms with E-state index in [9.17, 15) is 14.7 Å². The summed E-state index contributed by atoms with van der Waals surface area (Å²) in [6.07, 6.45) is 4.45. The molecule has 2 heterocycles. The molecule has 25 heavy (non-hydrogen) atoms. The summed E-state index contributed by atoms with van der Waals surface area (Å²) in [4.78, 5) is 33.5. The maximum atomic E-state index is 12.3. The largest absolute Gasteiger partial charge is 0.479 e. The number of hydrogen-bond acceptors (Lipinski definition) is 5. The molecule has 0 saturated heterocycles. The van der Waals surface area contributed by atoms with E-state index >= 15 is 0 Å². The molecule has 1 unspecified atom stereocenters. The Bertz CT molecular complexity index is 792. The second kappa shape index (κ2) is 6.88. The molecule has 1 aliphatic rings. The number of carboxylic acid groups (broad SMARTS) is 1. The number of nitrogens with zero attached hydrogens (tertiary/aromatic N) is 3. The van der Waals surface area contributed by atoms with E-state index in [-0.39, 0.29) is 12.6 Å². The van der Waals surface area contributed by atoms with Crippen molar-refractivity contribution in [2.24, 2.45) is 0 Å². The lowest BCUT2D eigenvalue weighted by atomic mass is 9.87. The molecule has 0 aliphatic carbocycles. The third-order valence-corrected chi connectivity index (χ3v) is 4.10. The fraction of sp³-hybridized carbons (Fsp3) is 0.333. The van der Waals surface area contributed by atoms with Gasteiger partial charge in [-0.25, -0.2) is 19.6 Å². The second-order valence-electron chi connectivity index (χ2n) is 6.12. The van der Waals surface area contributed by atoms with Crippen LogP contribution in [-0.2, 0) is 16.0 Å². The highest BCUT2D eigenvalue weighted by atomic mass is 16.6. The summed E-state index contributed by atoms with van der Waals surface area (Å²) in [7, 11) is 0. The standard InChI is InChI=1S/C18H19N3O4/c1-11(2)25-18(24)21-7-6-14-13(12-8-19-10-20-9-12)4-3-5-15(14)16(21)17(22)23/h3-5,8-11,16H,6-7H2,1-2H3,(H,22,23). The summed E-state index contributed by atoms with van der Waals surface area (Å²) < 4.78 is 5.20. The number of rotatable bonds is 3. The molecule has 0 spiro atoms. The van der Waals surface area contributed by atoms with Crippen LogP contribution in [0.15, 0.2) is 36.9 Å². The van der Waals surface area contributed by atoms with Crippen LogP contribution in [0.5, 0.6) is 0 Å². The van der Waals surface area contributed by atoms with E-state index in [0.29, 0.717) is 12.0 Å². The molecule has 1 N–H and O–H groups in total. The number of carbonyl (C=O) groups is 2. The summed E-state index contributed by atoms with van der Waals surface area (Å²) in [5.41, 5.74) is 3.21. The molecule has 2 aromatic rings. The van der Waals surface area contributed by atoms with Gasteiger partial charge in [-0.2, -0.15) is 0 Å². The molecule has 7 nitrogen and oxygen atoms in total. The zero-order valence-electron chi connectivity index (χ0n) is 14.0. The molecule has 0 bridgehead atoms. The molecule has 1 amide bonds. The van der Waals surface area contributed by atoms with Crippen molar-refractivity contribution in [3.63, 3.8) is 0 Å². The average Bonchev–Trinajstić information content (AvgIpc) is 2.60. The van der Waals surface area contributed by atoms with Gasteiger partial charge in [0.25, 0.3) is 0 Å². The van der Waals surface area contributed by atoms with Crippen molar-refractivity contribution < 1.29 is 19.4 Å². The van der Waals surface area contributed by atoms with Crippen molar-refractivity contribution in [1.29, 1.82) is 0 Å². The number of benzene rings is 1. The molecule has 1 atom stereocenters. The molecule has 0 fully saturated rings. The number of hydrogen-bond donors (Lipinski definition) is 1. The van der Waals surface area contributed by atoms with Crippen molar-refractivity contribution in [2.75, 3.05) is 6.54 Å². The first-order chi connectivity index (χ1) is 12.0. The van der Waals surface area contributed by atoms with Crippen LogP contribution in [-0.4, -0.2) is 44.7 Å². The van der Waals surface area contributed by atoms with Gasteiger partial charge < -0.3 is 9.84 Å². The quantitative estimate of drug-likeness (QED) is 0.922. The third kappa shape index (κ3) is 3.31. The Morgan fingerprint density at radius 2 is 2.00 bits per heavy atom. The van der Waals surface area contributed by atoms with Crippen LogP contribution in [0.2, 0.25) is 0 Å². The fourth-order valence-corrected chi connectivity index (χ4v) is 3.11. The zero-order valence-corrected chi connectivity index (χ0v) is 14.0. The smallest absolute Gasteiger partial charge is 0.411 e. The van der Waals surface area contributed by atoms with Gasteiger partial charge in [-0.05, 0) is 37.0 Å². The minimum atomic E-state index is -1.08. The summed E-state index contributed by atoms with van der Waals surface area (Å²) in [6.45, 7) is 3.75. The molecule has 1 aromatic carbocycles. The number of aromatic nitrogens is 2. The SMILES string of the molecule is CC(C)OC(=O)N1CCc2c(-c3cncnc3)cccc2C1C(=O)O. The molecule has 0 saturated carbocycles. The summed E-state index contributed by atoms with van der Waals surface area (Å²) in [6, 6.07) is 4.38. The van der Waals surface area contributed by atoms with E-state index < -0.39 is 18.1 Å². The molecule has 130 valence electrons. The van der Waals surface area contributed by atoms with Gasteiger partial charge >= 0.3 is 12.1 Å². The summed E-state index contributed by atoms with van der Waals surface area (Å²) in [5.74, 6) is -1.08. The zero-order chi connectivity index (χ0) is 18.0. The number of ether oxygens (including phenoxy) is 1. The van der Waals surface area contributed by atoms with E-state index in [0.717, 1.165) is 16.7 Å². The molecule has 1 aliphatic heterocycles. The number of amides is 1. The van der Waals surface area contributed by atoms with Gasteiger partial charge in [-0.1, -0.05) is 18.2 Å². The van der Waals surface area contributed by atoms with Crippen molar-refractivity contribution >= 4 is 12.1 Å². The monoisotopic (exact) mass is 341 g/mol. The predicted molar refractivity (Wildman–Crippen MR) is 89.9 cm³/mol. The van der Waals surface area contributed by atoms with Crippen molar-refractivity contribution in [3.05, 3.63) is 48.0 Å². The highest BCUT2D eigenvalue weighted by molar-refractivity contribution is 5.84. The van der Waals surface area contributed by atoms with Crippen molar-refractivity contribution in [2.45, 2.75) is 32.4 Å². The number of carbonyl (C=O) groups excluding carboxylic acids is 1. The van der Waals surface area contributed by atoms with E-state index in [1.54, 1.807) is 38.4 Å². The van der Waals surface area contributed by atoms with Crippen LogP contribution in [0.4, 0.5) is 4.79 Å². The first kappa shape index (κ1) is 16.9. The normalized spacial score (nSPS) is 16.4. The first-order valence-electron chi connectivity index (χ1n) is 8.06. The molecular weight excluding hydrogens is 322 g/mol. The van der Waals surface area contributed by atoms with E-state index in [1.165, 1.54) is 11.2 Å². The molecule has 0 radical (unpaired) electrons. The van der Waals surface area contributed by atoms with Crippen LogP contribution in [0.1, 0.15) is 31.0 Å². The first-order valence-corrected chi connectivity index (χ1v) is 8.06. The molecule has 3 rings (SSSR count). The Labute approximate surface area is 145 Å². The Morgan fingerprint density at radius 1 is 1.28 bits per heavy atom. The van der Waals surface area contributed by atoms with Gasteiger partial charge in [0.2, 0.25) is 0 Å². The Morgan fingerprint density at radius 3 is 2.64 bits per heavy atom. The fourth-order valence-electron chi connectivity index (χ4n) is 3.11. The van der Waals surface area contributed by atoms with Crippen LogP contribution in [0.25, 0.3) is 11.1 Å². The van der Waals surface area contributed by atoms with Crippen LogP contribution >= 0.6 is 0 Å². The van der Waals surface area contributed by atoms with Crippen molar-refractivity contribution in [1.82, 2.24) is 14.9 Å². The Balaban J connectivity index is 2.04. The number of fused-ring (bicyclic) bond motifs is 1. The maximum absolute atomic E-state index is 12.3. The van der Waals surface area contributed by atoms with Crippen LogP contribution < -0.4 is 0 Å². The lowest BCUT2D eigenvalue weighted by molar-refractivity contribution is -0.143. The topological polar surface area (TPSA) is 92.6 Å². The van der Waals surface area contributed by atoms with Gasteiger partial charge in [0, 0.05) is 24.5 Å². The lowest BCUT2D eigenvalue weighted by Gasteiger charge is -2.35. The van der Waals surface area contributed by atoms with E-state index in [1.807, 2.05) is 6.07 Å². The van der Waals surface area contributed by atoms with Crippen LogP contribution in [0, 0.1) is 0 Å². The number of aliphatic carboxylic acids is 1. The summed E-state index contributed by atoms with van der Waals surface area (Å²) >= 11 is 0. The van der Waals surface area contributed by atoms with Gasteiger partial charge in [0.15, 0.2) is 6.04 Å². The molecule has 7 heteroatoms. The average molecular weight is 341 g/mol. The molecular formula is C18H19N3O4. The lowest BCUT2D eigenvalue weighted by Crippen LogP contribution is -2.44. The second-order valence-corrected chi connectivity index (χ2v) is 6.12. The molecule has 1 aromatic heterocycles. The Hall–Kier alpha value is -2.96.